The summed E-state index contributed by atoms with van der Waals surface area (Å²) in [5, 5.41) is 12.1. The van der Waals surface area contributed by atoms with Gasteiger partial charge in [-0.25, -0.2) is 4.98 Å². The van der Waals surface area contributed by atoms with Crippen LogP contribution in [0.1, 0.15) is 44.3 Å². The van der Waals surface area contributed by atoms with Gasteiger partial charge in [-0.1, -0.05) is 27.7 Å². The molecule has 15 heavy (non-hydrogen) atoms. The average Bonchev–Trinajstić information content (AvgIpc) is 2.52. The van der Waals surface area contributed by atoms with Gasteiger partial charge in [-0.05, 0) is 18.3 Å². The maximum absolute atomic E-state index is 9.06. The van der Waals surface area contributed by atoms with E-state index in [2.05, 4.69) is 44.1 Å². The van der Waals surface area contributed by atoms with E-state index in [-0.39, 0.29) is 5.92 Å². The number of nitrogens with zero attached hydrogens (tertiary/aromatic N) is 2. The standard InChI is InChI=1S/C12H18N2S/c1-8(2)5-10-7-15-12(14-10)11(6-13)9(3)4/h7-9,11H,5H2,1-4H3. The summed E-state index contributed by atoms with van der Waals surface area (Å²) in [4.78, 5) is 4.54. The molecule has 1 rings (SSSR count). The van der Waals surface area contributed by atoms with Crippen LogP contribution in [0, 0.1) is 23.2 Å². The van der Waals surface area contributed by atoms with Gasteiger partial charge in [0.25, 0.3) is 0 Å². The summed E-state index contributed by atoms with van der Waals surface area (Å²) in [6, 6.07) is 2.33. The van der Waals surface area contributed by atoms with Crippen LogP contribution < -0.4 is 0 Å². The van der Waals surface area contributed by atoms with Crippen LogP contribution in [0.25, 0.3) is 0 Å². The van der Waals surface area contributed by atoms with Crippen LogP contribution in [0.5, 0.6) is 0 Å². The smallest absolute Gasteiger partial charge is 0.110 e. The van der Waals surface area contributed by atoms with Crippen molar-refractivity contribution >= 4 is 11.3 Å². The Balaban J connectivity index is 2.79. The Morgan fingerprint density at radius 3 is 2.53 bits per heavy atom. The van der Waals surface area contributed by atoms with Crippen LogP contribution in [0.2, 0.25) is 0 Å². The minimum Gasteiger partial charge on any atom is -0.245 e. The van der Waals surface area contributed by atoms with E-state index in [0.717, 1.165) is 17.1 Å². The van der Waals surface area contributed by atoms with E-state index in [0.29, 0.717) is 11.8 Å². The molecule has 3 heteroatoms. The van der Waals surface area contributed by atoms with Crippen LogP contribution in [0.3, 0.4) is 0 Å². The number of hydrogen-bond donors (Lipinski definition) is 0. The van der Waals surface area contributed by atoms with Crippen molar-refractivity contribution in [3.05, 3.63) is 16.1 Å². The second-order valence-electron chi connectivity index (χ2n) is 4.63. The van der Waals surface area contributed by atoms with Gasteiger partial charge in [0, 0.05) is 5.38 Å². The van der Waals surface area contributed by atoms with Gasteiger partial charge in [-0.3, -0.25) is 0 Å². The van der Waals surface area contributed by atoms with Crippen LogP contribution >= 0.6 is 11.3 Å². The Morgan fingerprint density at radius 2 is 2.07 bits per heavy atom. The summed E-state index contributed by atoms with van der Waals surface area (Å²) in [6.45, 7) is 8.50. The minimum absolute atomic E-state index is 0.0455. The molecule has 0 bridgehead atoms. The molecule has 1 atom stereocenters. The van der Waals surface area contributed by atoms with Crippen LogP contribution in [-0.4, -0.2) is 4.98 Å². The lowest BCUT2D eigenvalue weighted by molar-refractivity contribution is 0.579. The molecule has 1 aromatic rings. The van der Waals surface area contributed by atoms with Crippen molar-refractivity contribution in [2.75, 3.05) is 0 Å². The molecule has 1 aromatic heterocycles. The normalized spacial score (nSPS) is 13.1. The van der Waals surface area contributed by atoms with Crippen molar-refractivity contribution in [3.63, 3.8) is 0 Å². The fourth-order valence-electron chi connectivity index (χ4n) is 1.47. The van der Waals surface area contributed by atoms with E-state index < -0.39 is 0 Å². The Hall–Kier alpha value is -0.880. The van der Waals surface area contributed by atoms with Crippen LogP contribution in [0.15, 0.2) is 5.38 Å². The fraction of sp³-hybridized carbons (Fsp3) is 0.667. The largest absolute Gasteiger partial charge is 0.245 e. The summed E-state index contributed by atoms with van der Waals surface area (Å²) in [5.74, 6) is 0.920. The molecule has 0 aliphatic heterocycles. The third-order valence-corrected chi connectivity index (χ3v) is 3.24. The number of hydrogen-bond acceptors (Lipinski definition) is 3. The number of thiazole rings is 1. The van der Waals surface area contributed by atoms with Crippen LogP contribution in [0.4, 0.5) is 0 Å². The van der Waals surface area contributed by atoms with Gasteiger partial charge in [0.2, 0.25) is 0 Å². The molecular formula is C12H18N2S. The number of rotatable bonds is 4. The molecule has 1 unspecified atom stereocenters. The first-order valence-corrected chi connectivity index (χ1v) is 6.26. The molecule has 0 saturated carbocycles. The molecule has 2 nitrogen and oxygen atoms in total. The number of nitriles is 1. The summed E-state index contributed by atoms with van der Waals surface area (Å²) in [5.41, 5.74) is 1.13. The highest BCUT2D eigenvalue weighted by molar-refractivity contribution is 7.09. The predicted octanol–water partition coefficient (Wildman–Crippen LogP) is 3.60. The maximum Gasteiger partial charge on any atom is 0.110 e. The molecule has 0 fully saturated rings. The Kier molecular flexibility index (Phi) is 4.28. The van der Waals surface area contributed by atoms with Crippen molar-refractivity contribution in [1.29, 1.82) is 5.26 Å². The van der Waals surface area contributed by atoms with Gasteiger partial charge >= 0.3 is 0 Å². The highest BCUT2D eigenvalue weighted by atomic mass is 32.1. The van der Waals surface area contributed by atoms with E-state index in [4.69, 9.17) is 5.26 Å². The molecule has 1 heterocycles. The zero-order valence-corrected chi connectivity index (χ0v) is 10.6. The van der Waals surface area contributed by atoms with E-state index in [1.807, 2.05) is 0 Å². The third kappa shape index (κ3) is 3.32. The first-order chi connectivity index (χ1) is 7.04. The topological polar surface area (TPSA) is 36.7 Å². The molecule has 0 spiro atoms. The van der Waals surface area contributed by atoms with E-state index >= 15 is 0 Å². The SMILES string of the molecule is CC(C)Cc1csc(C(C#N)C(C)C)n1. The highest BCUT2D eigenvalue weighted by Gasteiger charge is 2.18. The van der Waals surface area contributed by atoms with E-state index in [1.54, 1.807) is 11.3 Å². The predicted molar refractivity (Wildman–Crippen MR) is 63.8 cm³/mol. The molecule has 0 radical (unpaired) electrons. The van der Waals surface area contributed by atoms with Gasteiger partial charge in [-0.2, -0.15) is 5.26 Å². The molecule has 0 aliphatic carbocycles. The monoisotopic (exact) mass is 222 g/mol. The first kappa shape index (κ1) is 12.2. The lowest BCUT2D eigenvalue weighted by Gasteiger charge is -2.08. The molecule has 0 saturated heterocycles. The van der Waals surface area contributed by atoms with Gasteiger partial charge < -0.3 is 0 Å². The van der Waals surface area contributed by atoms with Gasteiger partial charge in [0.1, 0.15) is 10.9 Å². The van der Waals surface area contributed by atoms with Gasteiger partial charge in [0.05, 0.1) is 11.8 Å². The van der Waals surface area contributed by atoms with E-state index in [1.165, 1.54) is 0 Å². The summed E-state index contributed by atoms with van der Waals surface area (Å²) < 4.78 is 0. The second-order valence-corrected chi connectivity index (χ2v) is 5.52. The minimum atomic E-state index is -0.0455. The van der Waals surface area contributed by atoms with E-state index in [9.17, 15) is 0 Å². The quantitative estimate of drug-likeness (QED) is 0.780. The Morgan fingerprint density at radius 1 is 1.40 bits per heavy atom. The lowest BCUT2D eigenvalue weighted by atomic mass is 9.98. The van der Waals surface area contributed by atoms with Crippen molar-refractivity contribution in [2.24, 2.45) is 11.8 Å². The molecule has 0 aliphatic rings. The molecule has 0 aromatic carbocycles. The fourth-order valence-corrected chi connectivity index (χ4v) is 2.51. The highest BCUT2D eigenvalue weighted by Crippen LogP contribution is 2.27. The summed E-state index contributed by atoms with van der Waals surface area (Å²) in [6.07, 6.45) is 1.01. The molecular weight excluding hydrogens is 204 g/mol. The van der Waals surface area contributed by atoms with Crippen molar-refractivity contribution in [3.8, 4) is 6.07 Å². The zero-order chi connectivity index (χ0) is 11.4. The van der Waals surface area contributed by atoms with Crippen molar-refractivity contribution in [1.82, 2.24) is 4.98 Å². The molecule has 0 N–H and O–H groups in total. The third-order valence-electron chi connectivity index (χ3n) is 2.26. The van der Waals surface area contributed by atoms with Crippen molar-refractivity contribution < 1.29 is 0 Å². The van der Waals surface area contributed by atoms with Crippen molar-refractivity contribution in [2.45, 2.75) is 40.0 Å². The van der Waals surface area contributed by atoms with Crippen LogP contribution in [-0.2, 0) is 6.42 Å². The Labute approximate surface area is 96.0 Å². The zero-order valence-electron chi connectivity index (χ0n) is 9.82. The lowest BCUT2D eigenvalue weighted by Crippen LogP contribution is -2.04. The first-order valence-electron chi connectivity index (χ1n) is 5.38. The maximum atomic E-state index is 9.06. The summed E-state index contributed by atoms with van der Waals surface area (Å²) >= 11 is 1.62. The average molecular weight is 222 g/mol. The number of aromatic nitrogens is 1. The molecule has 82 valence electrons. The molecule has 0 amide bonds. The van der Waals surface area contributed by atoms with Gasteiger partial charge in [0.15, 0.2) is 0 Å². The summed E-state index contributed by atoms with van der Waals surface area (Å²) in [7, 11) is 0. The van der Waals surface area contributed by atoms with Gasteiger partial charge in [-0.15, -0.1) is 11.3 Å². The Bertz CT molecular complexity index is 347. The second kappa shape index (κ2) is 5.27.